The summed E-state index contributed by atoms with van der Waals surface area (Å²) in [5, 5.41) is 5.17. The van der Waals surface area contributed by atoms with Crippen LogP contribution < -0.4 is 4.72 Å². The molecule has 1 aromatic carbocycles. The molecule has 128 valence electrons. The first-order chi connectivity index (χ1) is 11.5. The van der Waals surface area contributed by atoms with Gasteiger partial charge in [0.2, 0.25) is 0 Å². The van der Waals surface area contributed by atoms with E-state index in [1.54, 1.807) is 11.0 Å². The van der Waals surface area contributed by atoms with Gasteiger partial charge in [-0.05, 0) is 49.0 Å². The van der Waals surface area contributed by atoms with E-state index in [4.69, 9.17) is 0 Å². The lowest BCUT2D eigenvalue weighted by molar-refractivity contribution is 0.0720. The summed E-state index contributed by atoms with van der Waals surface area (Å²) in [5.41, 5.74) is 0.163. The van der Waals surface area contributed by atoms with Crippen LogP contribution in [-0.4, -0.2) is 41.9 Å². The Balaban J connectivity index is 1.97. The number of carbonyl (C=O) groups is 1. The number of benzene rings is 1. The molecule has 3 rings (SSSR count). The van der Waals surface area contributed by atoms with Gasteiger partial charge in [0.15, 0.2) is 5.82 Å². The topological polar surface area (TPSA) is 92.3 Å². The molecule has 1 aromatic heterocycles. The van der Waals surface area contributed by atoms with Gasteiger partial charge in [-0.15, -0.1) is 5.10 Å². The summed E-state index contributed by atoms with van der Waals surface area (Å²) >= 11 is 4.31. The highest BCUT2D eigenvalue weighted by Crippen LogP contribution is 2.25. The number of nitrogens with one attached hydrogen (secondary N) is 1. The van der Waals surface area contributed by atoms with E-state index in [-0.39, 0.29) is 22.2 Å². The molecule has 1 fully saturated rings. The van der Waals surface area contributed by atoms with Gasteiger partial charge in [0.1, 0.15) is 4.90 Å². The molecule has 2 heterocycles. The van der Waals surface area contributed by atoms with E-state index < -0.39 is 10.0 Å². The highest BCUT2D eigenvalue weighted by atomic mass is 79.9. The van der Waals surface area contributed by atoms with E-state index >= 15 is 0 Å². The molecule has 1 aliphatic rings. The second kappa shape index (κ2) is 7.16. The van der Waals surface area contributed by atoms with Crippen molar-refractivity contribution in [3.05, 3.63) is 33.6 Å². The average molecular weight is 431 g/mol. The molecule has 24 heavy (non-hydrogen) atoms. The van der Waals surface area contributed by atoms with Crippen molar-refractivity contribution in [3.63, 3.8) is 0 Å². The van der Waals surface area contributed by atoms with Crippen molar-refractivity contribution in [3.8, 4) is 0 Å². The molecule has 10 heteroatoms. The van der Waals surface area contributed by atoms with E-state index in [0.717, 1.165) is 30.8 Å². The second-order valence-electron chi connectivity index (χ2n) is 5.39. The first-order valence-electron chi connectivity index (χ1n) is 7.36. The standard InChI is InChI=1S/C14H15BrN4O3S2/c15-10-4-5-11(14(20)19-6-2-1-3-7-19)12(8-10)24(21,22)17-13-9-23-18-16-13/h4-5,8-9,17H,1-3,6-7H2. The Bertz CT molecular complexity index is 834. The van der Waals surface area contributed by atoms with Gasteiger partial charge in [0, 0.05) is 17.6 Å². The molecule has 1 amide bonds. The molecule has 0 bridgehead atoms. The molecule has 0 unspecified atom stereocenters. The second-order valence-corrected chi connectivity index (χ2v) is 8.57. The zero-order chi connectivity index (χ0) is 17.2. The van der Waals surface area contributed by atoms with Crippen molar-refractivity contribution < 1.29 is 13.2 Å². The molecule has 0 spiro atoms. The zero-order valence-corrected chi connectivity index (χ0v) is 15.8. The number of likely N-dealkylation sites (tertiary alicyclic amines) is 1. The van der Waals surface area contributed by atoms with Crippen LogP contribution in [0.1, 0.15) is 29.6 Å². The first kappa shape index (κ1) is 17.3. The smallest absolute Gasteiger partial charge is 0.263 e. The van der Waals surface area contributed by atoms with Crippen LogP contribution in [0.5, 0.6) is 0 Å². The number of nitrogens with zero attached hydrogens (tertiary/aromatic N) is 3. The normalized spacial score (nSPS) is 15.3. The van der Waals surface area contributed by atoms with Gasteiger partial charge in [0.05, 0.1) is 10.9 Å². The van der Waals surface area contributed by atoms with Crippen molar-refractivity contribution in [2.24, 2.45) is 0 Å². The number of halogens is 1. The van der Waals surface area contributed by atoms with Crippen molar-refractivity contribution in [1.82, 2.24) is 14.5 Å². The molecule has 0 atom stereocenters. The predicted molar refractivity (Wildman–Crippen MR) is 94.6 cm³/mol. The lowest BCUT2D eigenvalue weighted by atomic mass is 10.1. The SMILES string of the molecule is O=C(c1ccc(Br)cc1S(=O)(=O)Nc1csnn1)N1CCCCC1. The summed E-state index contributed by atoms with van der Waals surface area (Å²) in [7, 11) is -3.94. The lowest BCUT2D eigenvalue weighted by Crippen LogP contribution is -2.36. The number of hydrogen-bond acceptors (Lipinski definition) is 6. The van der Waals surface area contributed by atoms with Crippen LogP contribution in [0.4, 0.5) is 5.82 Å². The number of piperidine rings is 1. The number of hydrogen-bond donors (Lipinski definition) is 1. The van der Waals surface area contributed by atoms with Gasteiger partial charge in [-0.25, -0.2) is 8.42 Å². The van der Waals surface area contributed by atoms with Gasteiger partial charge in [-0.3, -0.25) is 9.52 Å². The van der Waals surface area contributed by atoms with Gasteiger partial charge in [0.25, 0.3) is 15.9 Å². The molecule has 0 aliphatic carbocycles. The van der Waals surface area contributed by atoms with Gasteiger partial charge < -0.3 is 4.90 Å². The monoisotopic (exact) mass is 430 g/mol. The zero-order valence-electron chi connectivity index (χ0n) is 12.6. The first-order valence-corrected chi connectivity index (χ1v) is 10.5. The summed E-state index contributed by atoms with van der Waals surface area (Å²) in [4.78, 5) is 14.4. The molecular formula is C14H15BrN4O3S2. The Morgan fingerprint density at radius 1 is 1.25 bits per heavy atom. The van der Waals surface area contributed by atoms with Gasteiger partial charge in [-0.1, -0.05) is 20.4 Å². The Hall–Kier alpha value is -1.52. The third kappa shape index (κ3) is 3.76. The van der Waals surface area contributed by atoms with E-state index in [1.165, 1.54) is 17.5 Å². The number of anilines is 1. The maximum absolute atomic E-state index is 12.8. The molecule has 0 saturated carbocycles. The number of aromatic nitrogens is 2. The molecule has 0 radical (unpaired) electrons. The molecule has 1 aliphatic heterocycles. The predicted octanol–water partition coefficient (Wildman–Crippen LogP) is 2.73. The minimum Gasteiger partial charge on any atom is -0.339 e. The summed E-state index contributed by atoms with van der Waals surface area (Å²) in [6.45, 7) is 1.30. The highest BCUT2D eigenvalue weighted by molar-refractivity contribution is 9.10. The summed E-state index contributed by atoms with van der Waals surface area (Å²) in [6, 6.07) is 4.63. The Labute approximate surface area is 152 Å². The number of carbonyl (C=O) groups excluding carboxylic acids is 1. The van der Waals surface area contributed by atoms with Gasteiger partial charge >= 0.3 is 0 Å². The molecule has 1 saturated heterocycles. The molecular weight excluding hydrogens is 416 g/mol. The number of sulfonamides is 1. The van der Waals surface area contributed by atoms with Crippen LogP contribution in [0.2, 0.25) is 0 Å². The summed E-state index contributed by atoms with van der Waals surface area (Å²) < 4.78 is 32.0. The minimum atomic E-state index is -3.94. The quantitative estimate of drug-likeness (QED) is 0.804. The van der Waals surface area contributed by atoms with Crippen molar-refractivity contribution in [1.29, 1.82) is 0 Å². The highest BCUT2D eigenvalue weighted by Gasteiger charge is 2.27. The largest absolute Gasteiger partial charge is 0.339 e. The molecule has 1 N–H and O–H groups in total. The maximum Gasteiger partial charge on any atom is 0.263 e. The van der Waals surface area contributed by atoms with Crippen LogP contribution in [0.15, 0.2) is 32.9 Å². The summed E-state index contributed by atoms with van der Waals surface area (Å²) in [6.07, 6.45) is 2.97. The fraction of sp³-hybridized carbons (Fsp3) is 0.357. The van der Waals surface area contributed by atoms with Crippen molar-refractivity contribution >= 4 is 49.2 Å². The lowest BCUT2D eigenvalue weighted by Gasteiger charge is -2.27. The van der Waals surface area contributed by atoms with Crippen molar-refractivity contribution in [2.75, 3.05) is 17.8 Å². The van der Waals surface area contributed by atoms with Crippen LogP contribution in [-0.2, 0) is 10.0 Å². The number of rotatable bonds is 4. The van der Waals surface area contributed by atoms with Crippen LogP contribution in [0.25, 0.3) is 0 Å². The van der Waals surface area contributed by atoms with Crippen molar-refractivity contribution in [2.45, 2.75) is 24.2 Å². The van der Waals surface area contributed by atoms with Crippen LogP contribution in [0, 0.1) is 0 Å². The molecule has 2 aromatic rings. The van der Waals surface area contributed by atoms with Gasteiger partial charge in [-0.2, -0.15) is 0 Å². The fourth-order valence-electron chi connectivity index (χ4n) is 2.56. The van der Waals surface area contributed by atoms with E-state index in [2.05, 4.69) is 30.2 Å². The third-order valence-corrected chi connectivity index (χ3v) is 6.10. The van der Waals surface area contributed by atoms with Crippen LogP contribution >= 0.6 is 27.5 Å². The van der Waals surface area contributed by atoms with E-state index in [1.807, 2.05) is 0 Å². The summed E-state index contributed by atoms with van der Waals surface area (Å²) in [5.74, 6) is -0.129. The van der Waals surface area contributed by atoms with E-state index in [0.29, 0.717) is 17.6 Å². The fourth-order valence-corrected chi connectivity index (χ4v) is 4.75. The minimum absolute atomic E-state index is 0.0690. The number of amides is 1. The van der Waals surface area contributed by atoms with E-state index in [9.17, 15) is 13.2 Å². The third-order valence-electron chi connectivity index (χ3n) is 3.71. The Kier molecular flexibility index (Phi) is 5.16. The van der Waals surface area contributed by atoms with Crippen LogP contribution in [0.3, 0.4) is 0 Å². The average Bonchev–Trinajstić information content (AvgIpc) is 3.07. The maximum atomic E-state index is 12.8. The molecule has 7 nitrogen and oxygen atoms in total. The Morgan fingerprint density at radius 3 is 2.67 bits per heavy atom. The Morgan fingerprint density at radius 2 is 2.00 bits per heavy atom.